The van der Waals surface area contributed by atoms with Gasteiger partial charge in [-0.25, -0.2) is 4.79 Å². The van der Waals surface area contributed by atoms with Crippen LogP contribution in [0.15, 0.2) is 73.1 Å². The van der Waals surface area contributed by atoms with Gasteiger partial charge in [-0.05, 0) is 90.0 Å². The molecule has 0 aliphatic carbocycles. The van der Waals surface area contributed by atoms with Crippen molar-refractivity contribution in [2.75, 3.05) is 13.1 Å². The standard InChI is InChI=1S/C36H35N3O4/c1-21-31(40)18-32(41)34-28-12-11-26-25-8-6-5-7-22(25)9-10-27(26)30(28)17-29(33(21)34)23-19-37-39(20-23)24-13-15-38(16-14-24)35(42)43-36(2,3)4/h5-12,17-20,24,40-41H,13-16H2,1-4H3. The molecular weight excluding hydrogens is 538 g/mol. The highest BCUT2D eigenvalue weighted by atomic mass is 16.6. The van der Waals surface area contributed by atoms with Crippen LogP contribution in [0.25, 0.3) is 54.2 Å². The van der Waals surface area contributed by atoms with E-state index in [1.54, 1.807) is 4.90 Å². The van der Waals surface area contributed by atoms with Gasteiger partial charge < -0.3 is 19.8 Å². The average Bonchev–Trinajstić information content (AvgIpc) is 3.48. The normalized spacial score (nSPS) is 14.7. The van der Waals surface area contributed by atoms with Crippen molar-refractivity contribution in [3.05, 3.63) is 78.6 Å². The SMILES string of the molecule is Cc1c(O)cc(O)c2c1c(-c1cnn(C3CCN(C(=O)OC(C)(C)C)CC3)c1)cc1c3ccc4ccccc4c3ccc12. The van der Waals surface area contributed by atoms with Crippen LogP contribution >= 0.6 is 0 Å². The van der Waals surface area contributed by atoms with Gasteiger partial charge in [0.05, 0.1) is 12.2 Å². The number of nitrogens with zero attached hydrogens (tertiary/aromatic N) is 3. The minimum absolute atomic E-state index is 0.0481. The highest BCUT2D eigenvalue weighted by molar-refractivity contribution is 6.26. The van der Waals surface area contributed by atoms with Gasteiger partial charge in [0.2, 0.25) is 0 Å². The summed E-state index contributed by atoms with van der Waals surface area (Å²) in [6.45, 7) is 8.74. The molecule has 218 valence electrons. The number of phenolic OH excluding ortho intramolecular Hbond substituents is 2. The number of benzene rings is 5. The summed E-state index contributed by atoms with van der Waals surface area (Å²) in [5, 5.41) is 34.8. The molecule has 2 heterocycles. The second kappa shape index (κ2) is 9.90. The molecule has 5 aromatic carbocycles. The van der Waals surface area contributed by atoms with Crippen molar-refractivity contribution >= 4 is 49.2 Å². The van der Waals surface area contributed by atoms with E-state index in [4.69, 9.17) is 9.84 Å². The molecule has 1 saturated heterocycles. The van der Waals surface area contributed by atoms with Crippen LogP contribution < -0.4 is 0 Å². The lowest BCUT2D eigenvalue weighted by Crippen LogP contribution is -2.42. The van der Waals surface area contributed by atoms with Crippen LogP contribution in [0.1, 0.15) is 45.2 Å². The Labute approximate surface area is 249 Å². The Morgan fingerprint density at radius 2 is 1.56 bits per heavy atom. The molecule has 0 bridgehead atoms. The highest BCUT2D eigenvalue weighted by Gasteiger charge is 2.28. The van der Waals surface area contributed by atoms with Crippen molar-refractivity contribution in [3.8, 4) is 22.6 Å². The molecule has 1 aliphatic heterocycles. The van der Waals surface area contributed by atoms with Gasteiger partial charge in [0, 0.05) is 41.7 Å². The number of aromatic hydroxyl groups is 2. The molecule has 1 aromatic heterocycles. The molecule has 7 nitrogen and oxygen atoms in total. The van der Waals surface area contributed by atoms with E-state index < -0.39 is 5.60 Å². The van der Waals surface area contributed by atoms with Gasteiger partial charge in [0.25, 0.3) is 0 Å². The largest absolute Gasteiger partial charge is 0.508 e. The number of fused-ring (bicyclic) bond motifs is 7. The lowest BCUT2D eigenvalue weighted by atomic mass is 9.88. The number of aryl methyl sites for hydroxylation is 1. The van der Waals surface area contributed by atoms with Crippen molar-refractivity contribution in [2.45, 2.75) is 52.2 Å². The fraction of sp³-hybridized carbons (Fsp3) is 0.278. The number of hydrogen-bond donors (Lipinski definition) is 2. The number of hydrogen-bond acceptors (Lipinski definition) is 5. The van der Waals surface area contributed by atoms with Crippen LogP contribution in [0, 0.1) is 6.92 Å². The summed E-state index contributed by atoms with van der Waals surface area (Å²) in [6, 6.07) is 20.6. The number of aromatic nitrogens is 2. The zero-order chi connectivity index (χ0) is 30.0. The molecule has 0 spiro atoms. The van der Waals surface area contributed by atoms with Crippen molar-refractivity contribution in [3.63, 3.8) is 0 Å². The van der Waals surface area contributed by atoms with Gasteiger partial charge in [0.15, 0.2) is 0 Å². The Morgan fingerprint density at radius 1 is 0.860 bits per heavy atom. The van der Waals surface area contributed by atoms with E-state index in [0.717, 1.165) is 56.3 Å². The van der Waals surface area contributed by atoms with Crippen LogP contribution in [0.4, 0.5) is 4.79 Å². The first kappa shape index (κ1) is 27.1. The van der Waals surface area contributed by atoms with Gasteiger partial charge >= 0.3 is 6.09 Å². The molecule has 1 fully saturated rings. The zero-order valence-electron chi connectivity index (χ0n) is 24.9. The fourth-order valence-corrected chi connectivity index (χ4v) is 6.61. The lowest BCUT2D eigenvalue weighted by Gasteiger charge is -2.33. The number of piperidine rings is 1. The highest BCUT2D eigenvalue weighted by Crippen LogP contribution is 2.46. The summed E-state index contributed by atoms with van der Waals surface area (Å²) < 4.78 is 7.56. The maximum Gasteiger partial charge on any atom is 0.410 e. The van der Waals surface area contributed by atoms with E-state index in [2.05, 4.69) is 54.7 Å². The van der Waals surface area contributed by atoms with Crippen molar-refractivity contribution < 1.29 is 19.7 Å². The molecular formula is C36H35N3O4. The van der Waals surface area contributed by atoms with E-state index in [-0.39, 0.29) is 23.6 Å². The van der Waals surface area contributed by atoms with E-state index in [1.807, 2.05) is 44.6 Å². The van der Waals surface area contributed by atoms with E-state index in [0.29, 0.717) is 18.7 Å². The van der Waals surface area contributed by atoms with Crippen LogP contribution in [0.5, 0.6) is 11.5 Å². The maximum absolute atomic E-state index is 12.6. The zero-order valence-corrected chi connectivity index (χ0v) is 24.9. The minimum Gasteiger partial charge on any atom is -0.508 e. The van der Waals surface area contributed by atoms with E-state index >= 15 is 0 Å². The number of carbonyl (C=O) groups is 1. The van der Waals surface area contributed by atoms with Crippen molar-refractivity contribution in [1.82, 2.24) is 14.7 Å². The molecule has 1 aliphatic rings. The Kier molecular flexibility index (Phi) is 6.24. The molecule has 6 aromatic rings. The van der Waals surface area contributed by atoms with Gasteiger partial charge in [-0.15, -0.1) is 0 Å². The van der Waals surface area contributed by atoms with Gasteiger partial charge in [-0.2, -0.15) is 5.10 Å². The number of amides is 1. The average molecular weight is 574 g/mol. The van der Waals surface area contributed by atoms with E-state index in [1.165, 1.54) is 16.8 Å². The fourth-order valence-electron chi connectivity index (χ4n) is 6.61. The molecule has 2 N–H and O–H groups in total. The summed E-state index contributed by atoms with van der Waals surface area (Å²) in [6.07, 6.45) is 5.19. The predicted molar refractivity (Wildman–Crippen MR) is 172 cm³/mol. The predicted octanol–water partition coefficient (Wildman–Crippen LogP) is 8.45. The number of carbonyl (C=O) groups excluding carboxylic acids is 1. The number of rotatable bonds is 2. The monoisotopic (exact) mass is 573 g/mol. The van der Waals surface area contributed by atoms with Crippen LogP contribution in [0.2, 0.25) is 0 Å². The van der Waals surface area contributed by atoms with Crippen LogP contribution in [0.3, 0.4) is 0 Å². The lowest BCUT2D eigenvalue weighted by molar-refractivity contribution is 0.0184. The molecule has 0 unspecified atom stereocenters. The van der Waals surface area contributed by atoms with E-state index in [9.17, 15) is 15.0 Å². The second-order valence-electron chi connectivity index (χ2n) is 12.7. The first-order chi connectivity index (χ1) is 20.6. The molecule has 7 rings (SSSR count). The smallest absolute Gasteiger partial charge is 0.410 e. The summed E-state index contributed by atoms with van der Waals surface area (Å²) in [7, 11) is 0. The Hall–Kier alpha value is -4.78. The molecule has 0 saturated carbocycles. The number of likely N-dealkylation sites (tertiary alicyclic amines) is 1. The first-order valence-corrected chi connectivity index (χ1v) is 14.8. The Bertz CT molecular complexity index is 2060. The third-order valence-corrected chi connectivity index (χ3v) is 8.74. The Balaban J connectivity index is 1.34. The van der Waals surface area contributed by atoms with Crippen LogP contribution in [-0.4, -0.2) is 49.7 Å². The quantitative estimate of drug-likeness (QED) is 0.203. The van der Waals surface area contributed by atoms with Gasteiger partial charge in [0.1, 0.15) is 17.1 Å². The Morgan fingerprint density at radius 3 is 2.33 bits per heavy atom. The van der Waals surface area contributed by atoms with Crippen LogP contribution in [-0.2, 0) is 4.74 Å². The molecule has 0 atom stereocenters. The first-order valence-electron chi connectivity index (χ1n) is 14.8. The van der Waals surface area contributed by atoms with Gasteiger partial charge in [-0.1, -0.05) is 48.5 Å². The summed E-state index contributed by atoms with van der Waals surface area (Å²) in [5.74, 6) is 0.103. The molecule has 7 heteroatoms. The second-order valence-corrected chi connectivity index (χ2v) is 12.7. The summed E-state index contributed by atoms with van der Waals surface area (Å²) >= 11 is 0. The summed E-state index contributed by atoms with van der Waals surface area (Å²) in [5.41, 5.74) is 2.01. The molecule has 0 radical (unpaired) electrons. The molecule has 1 amide bonds. The molecule has 43 heavy (non-hydrogen) atoms. The van der Waals surface area contributed by atoms with Gasteiger partial charge in [-0.3, -0.25) is 4.68 Å². The topological polar surface area (TPSA) is 87.8 Å². The van der Waals surface area contributed by atoms with Crippen molar-refractivity contribution in [1.29, 1.82) is 0 Å². The van der Waals surface area contributed by atoms with Crippen molar-refractivity contribution in [2.24, 2.45) is 0 Å². The third kappa shape index (κ3) is 4.60. The number of phenols is 2. The maximum atomic E-state index is 12.6. The summed E-state index contributed by atoms with van der Waals surface area (Å²) in [4.78, 5) is 14.3. The minimum atomic E-state index is -0.521. The number of ether oxygens (including phenoxy) is 1. The third-order valence-electron chi connectivity index (χ3n) is 8.74.